The fourth-order valence-corrected chi connectivity index (χ4v) is 4.99. The van der Waals surface area contributed by atoms with Gasteiger partial charge in [0.05, 0.1) is 24.5 Å². The monoisotopic (exact) mass is 451 g/mol. The number of thioether (sulfide) groups is 1. The fourth-order valence-electron chi connectivity index (χ4n) is 4.16. The van der Waals surface area contributed by atoms with Crippen molar-refractivity contribution in [3.8, 4) is 6.07 Å². The van der Waals surface area contributed by atoms with Crippen LogP contribution in [0.4, 0.5) is 5.82 Å². The SMILES string of the molecule is CN1CCc2c(C#N)c(SCC(=O)NCCc3ccccc3)nc(N3CCOCC3)c2C1. The van der Waals surface area contributed by atoms with Crippen LogP contribution >= 0.6 is 11.8 Å². The summed E-state index contributed by atoms with van der Waals surface area (Å²) in [4.78, 5) is 21.9. The van der Waals surface area contributed by atoms with Crippen molar-refractivity contribution >= 4 is 23.5 Å². The van der Waals surface area contributed by atoms with E-state index in [1.807, 2.05) is 18.2 Å². The van der Waals surface area contributed by atoms with Gasteiger partial charge in [0.1, 0.15) is 16.9 Å². The number of anilines is 1. The molecule has 1 amide bonds. The number of ether oxygens (including phenoxy) is 1. The van der Waals surface area contributed by atoms with Gasteiger partial charge in [-0.2, -0.15) is 5.26 Å². The largest absolute Gasteiger partial charge is 0.378 e. The Balaban J connectivity index is 1.47. The summed E-state index contributed by atoms with van der Waals surface area (Å²) in [5.74, 6) is 1.15. The van der Waals surface area contributed by atoms with Crippen molar-refractivity contribution in [2.24, 2.45) is 0 Å². The second kappa shape index (κ2) is 10.8. The maximum Gasteiger partial charge on any atom is 0.230 e. The first-order valence-electron chi connectivity index (χ1n) is 11.1. The molecule has 0 spiro atoms. The first-order chi connectivity index (χ1) is 15.7. The van der Waals surface area contributed by atoms with E-state index in [2.05, 4.69) is 40.4 Å². The van der Waals surface area contributed by atoms with E-state index in [1.165, 1.54) is 17.3 Å². The zero-order chi connectivity index (χ0) is 22.3. The number of nitriles is 1. The van der Waals surface area contributed by atoms with Crippen molar-refractivity contribution in [1.29, 1.82) is 5.26 Å². The topological polar surface area (TPSA) is 81.5 Å². The summed E-state index contributed by atoms with van der Waals surface area (Å²) < 4.78 is 5.52. The molecule has 2 aliphatic rings. The standard InChI is InChI=1S/C24H29N5O2S/c1-28-10-8-19-20(15-25)24(27-23(21(19)16-28)29-11-13-31-14-12-29)32-17-22(30)26-9-7-18-5-3-2-4-6-18/h2-6H,7-14,16-17H2,1H3,(H,26,30). The molecule has 168 valence electrons. The van der Waals surface area contributed by atoms with Crippen LogP contribution in [-0.4, -0.2) is 68.0 Å². The summed E-state index contributed by atoms with van der Waals surface area (Å²) in [7, 11) is 2.10. The normalized spacial score (nSPS) is 16.3. The average molecular weight is 452 g/mol. The number of nitrogens with zero attached hydrogens (tertiary/aromatic N) is 4. The van der Waals surface area contributed by atoms with Crippen molar-refractivity contribution in [2.75, 3.05) is 57.1 Å². The number of carbonyl (C=O) groups is 1. The fraction of sp³-hybridized carbons (Fsp3) is 0.458. The molecule has 8 heteroatoms. The predicted molar refractivity (Wildman–Crippen MR) is 126 cm³/mol. The number of nitrogens with one attached hydrogen (secondary N) is 1. The van der Waals surface area contributed by atoms with E-state index in [0.717, 1.165) is 56.0 Å². The number of carbonyl (C=O) groups excluding carboxylic acids is 1. The van der Waals surface area contributed by atoms with E-state index in [1.54, 1.807) is 0 Å². The third-order valence-electron chi connectivity index (χ3n) is 5.87. The molecule has 7 nitrogen and oxygen atoms in total. The highest BCUT2D eigenvalue weighted by molar-refractivity contribution is 8.00. The number of fused-ring (bicyclic) bond motifs is 1. The molecule has 2 aliphatic heterocycles. The van der Waals surface area contributed by atoms with E-state index in [9.17, 15) is 10.1 Å². The molecular formula is C24H29N5O2S. The van der Waals surface area contributed by atoms with Crippen molar-refractivity contribution in [3.05, 3.63) is 52.6 Å². The van der Waals surface area contributed by atoms with Gasteiger partial charge in [0, 0.05) is 38.3 Å². The Morgan fingerprint density at radius 1 is 1.22 bits per heavy atom. The van der Waals surface area contributed by atoms with Crippen molar-refractivity contribution in [3.63, 3.8) is 0 Å². The number of likely N-dealkylation sites (N-methyl/N-ethyl adjacent to an activating group) is 1. The van der Waals surface area contributed by atoms with Crippen LogP contribution in [0.3, 0.4) is 0 Å². The van der Waals surface area contributed by atoms with Gasteiger partial charge in [-0.15, -0.1) is 0 Å². The number of benzene rings is 1. The van der Waals surface area contributed by atoms with E-state index in [0.29, 0.717) is 30.3 Å². The number of rotatable bonds is 7. The van der Waals surface area contributed by atoms with Crippen LogP contribution in [0, 0.1) is 11.3 Å². The van der Waals surface area contributed by atoms with Crippen LogP contribution in [0.25, 0.3) is 0 Å². The molecule has 1 fully saturated rings. The molecular weight excluding hydrogens is 422 g/mol. The van der Waals surface area contributed by atoms with Crippen LogP contribution in [0.5, 0.6) is 0 Å². The van der Waals surface area contributed by atoms with E-state index in [4.69, 9.17) is 9.72 Å². The van der Waals surface area contributed by atoms with Gasteiger partial charge in [0.2, 0.25) is 5.91 Å². The lowest BCUT2D eigenvalue weighted by Gasteiger charge is -2.34. The molecule has 3 heterocycles. The van der Waals surface area contributed by atoms with Crippen LogP contribution in [0.1, 0.15) is 22.3 Å². The van der Waals surface area contributed by atoms with Crippen LogP contribution in [0.2, 0.25) is 0 Å². The Bertz CT molecular complexity index is 986. The molecule has 32 heavy (non-hydrogen) atoms. The van der Waals surface area contributed by atoms with Gasteiger partial charge in [-0.05, 0) is 31.0 Å². The molecule has 2 aromatic rings. The molecule has 1 N–H and O–H groups in total. The zero-order valence-electron chi connectivity index (χ0n) is 18.5. The summed E-state index contributed by atoms with van der Waals surface area (Å²) in [6.45, 7) is 5.24. The number of pyridine rings is 1. The second-order valence-corrected chi connectivity index (χ2v) is 9.11. The van der Waals surface area contributed by atoms with E-state index < -0.39 is 0 Å². The van der Waals surface area contributed by atoms with Gasteiger partial charge in [-0.1, -0.05) is 42.1 Å². The minimum atomic E-state index is -0.0398. The molecule has 0 unspecified atom stereocenters. The Morgan fingerprint density at radius 2 is 2.00 bits per heavy atom. The highest BCUT2D eigenvalue weighted by Crippen LogP contribution is 2.35. The first-order valence-corrected chi connectivity index (χ1v) is 12.0. The van der Waals surface area contributed by atoms with Crippen molar-refractivity contribution < 1.29 is 9.53 Å². The van der Waals surface area contributed by atoms with Gasteiger partial charge in [-0.25, -0.2) is 4.98 Å². The Labute approximate surface area is 193 Å². The number of morpholine rings is 1. The van der Waals surface area contributed by atoms with Gasteiger partial charge in [0.15, 0.2) is 0 Å². The predicted octanol–water partition coefficient (Wildman–Crippen LogP) is 2.23. The third kappa shape index (κ3) is 5.41. The van der Waals surface area contributed by atoms with Crippen LogP contribution in [0.15, 0.2) is 35.4 Å². The highest BCUT2D eigenvalue weighted by atomic mass is 32.2. The number of amides is 1. The minimum Gasteiger partial charge on any atom is -0.378 e. The highest BCUT2D eigenvalue weighted by Gasteiger charge is 2.27. The number of hydrogen-bond acceptors (Lipinski definition) is 7. The van der Waals surface area contributed by atoms with Crippen molar-refractivity contribution in [1.82, 2.24) is 15.2 Å². The quantitative estimate of drug-likeness (QED) is 0.647. The van der Waals surface area contributed by atoms with E-state index >= 15 is 0 Å². The molecule has 0 aliphatic carbocycles. The maximum atomic E-state index is 12.4. The summed E-state index contributed by atoms with van der Waals surface area (Å²) in [5.41, 5.74) is 4.07. The van der Waals surface area contributed by atoms with Gasteiger partial charge in [-0.3, -0.25) is 4.79 Å². The summed E-state index contributed by atoms with van der Waals surface area (Å²) >= 11 is 1.36. The summed E-state index contributed by atoms with van der Waals surface area (Å²) in [6, 6.07) is 12.5. The Hall–Kier alpha value is -2.60. The Kier molecular flexibility index (Phi) is 7.63. The Morgan fingerprint density at radius 3 is 2.75 bits per heavy atom. The molecule has 1 aromatic carbocycles. The summed E-state index contributed by atoms with van der Waals surface area (Å²) in [6.07, 6.45) is 1.62. The van der Waals surface area contributed by atoms with Gasteiger partial charge in [0.25, 0.3) is 0 Å². The number of aromatic nitrogens is 1. The smallest absolute Gasteiger partial charge is 0.230 e. The molecule has 0 radical (unpaired) electrons. The zero-order valence-corrected chi connectivity index (χ0v) is 19.3. The average Bonchev–Trinajstić information content (AvgIpc) is 2.83. The molecule has 0 saturated carbocycles. The molecule has 1 saturated heterocycles. The first kappa shape index (κ1) is 22.6. The lowest BCUT2D eigenvalue weighted by Crippen LogP contribution is -2.39. The number of hydrogen-bond donors (Lipinski definition) is 1. The van der Waals surface area contributed by atoms with Crippen molar-refractivity contribution in [2.45, 2.75) is 24.4 Å². The van der Waals surface area contributed by atoms with Gasteiger partial charge >= 0.3 is 0 Å². The van der Waals surface area contributed by atoms with E-state index in [-0.39, 0.29) is 11.7 Å². The van der Waals surface area contributed by atoms with Crippen LogP contribution < -0.4 is 10.2 Å². The maximum absolute atomic E-state index is 12.4. The third-order valence-corrected chi connectivity index (χ3v) is 6.85. The molecule has 0 atom stereocenters. The minimum absolute atomic E-state index is 0.0398. The molecule has 4 rings (SSSR count). The molecule has 0 bridgehead atoms. The summed E-state index contributed by atoms with van der Waals surface area (Å²) in [5, 5.41) is 13.6. The lowest BCUT2D eigenvalue weighted by molar-refractivity contribution is -0.118. The lowest BCUT2D eigenvalue weighted by atomic mass is 9.96. The molecule has 1 aromatic heterocycles. The second-order valence-electron chi connectivity index (χ2n) is 8.15. The van der Waals surface area contributed by atoms with Crippen LogP contribution in [-0.2, 0) is 28.9 Å². The van der Waals surface area contributed by atoms with Gasteiger partial charge < -0.3 is 19.9 Å².